The lowest BCUT2D eigenvalue weighted by atomic mass is 10.0. The largest absolute Gasteiger partial charge is 0.507 e. The highest BCUT2D eigenvalue weighted by molar-refractivity contribution is 9.09. The summed E-state index contributed by atoms with van der Waals surface area (Å²) in [5.41, 5.74) is -0.0322. The van der Waals surface area contributed by atoms with Crippen LogP contribution in [0.3, 0.4) is 0 Å². The molecule has 18 heavy (non-hydrogen) atoms. The molecule has 0 aromatic heterocycles. The second kappa shape index (κ2) is 6.73. The molecule has 0 aliphatic heterocycles. The Hall–Kier alpha value is -1.10. The van der Waals surface area contributed by atoms with Gasteiger partial charge in [-0.2, -0.15) is 0 Å². The zero-order valence-electron chi connectivity index (χ0n) is 10.4. The maximum absolute atomic E-state index is 13.1. The van der Waals surface area contributed by atoms with E-state index >= 15 is 0 Å². The van der Waals surface area contributed by atoms with Gasteiger partial charge in [-0.25, -0.2) is 4.39 Å². The van der Waals surface area contributed by atoms with E-state index in [-0.39, 0.29) is 23.3 Å². The minimum atomic E-state index is -0.542. The topological polar surface area (TPSA) is 49.3 Å². The van der Waals surface area contributed by atoms with Crippen molar-refractivity contribution in [1.82, 2.24) is 5.32 Å². The van der Waals surface area contributed by atoms with Crippen LogP contribution in [0.5, 0.6) is 5.75 Å². The van der Waals surface area contributed by atoms with Gasteiger partial charge in [-0.15, -0.1) is 0 Å². The molecule has 1 unspecified atom stereocenters. The van der Waals surface area contributed by atoms with Gasteiger partial charge in [-0.1, -0.05) is 29.8 Å². The van der Waals surface area contributed by atoms with Crippen LogP contribution in [0.25, 0.3) is 0 Å². The van der Waals surface area contributed by atoms with Gasteiger partial charge in [0.25, 0.3) is 5.91 Å². The molecule has 1 aromatic carbocycles. The van der Waals surface area contributed by atoms with Gasteiger partial charge in [0.15, 0.2) is 0 Å². The predicted octanol–water partition coefficient (Wildman–Crippen LogP) is 3.07. The summed E-state index contributed by atoms with van der Waals surface area (Å²) >= 11 is 3.33. The highest BCUT2D eigenvalue weighted by atomic mass is 79.9. The van der Waals surface area contributed by atoms with Crippen molar-refractivity contribution < 1.29 is 14.3 Å². The molecule has 0 fully saturated rings. The maximum atomic E-state index is 13.1. The molecule has 1 atom stereocenters. The molecule has 1 amide bonds. The van der Waals surface area contributed by atoms with Crippen LogP contribution >= 0.6 is 15.9 Å². The maximum Gasteiger partial charge on any atom is 0.255 e. The first-order valence-corrected chi connectivity index (χ1v) is 6.93. The summed E-state index contributed by atoms with van der Waals surface area (Å²) in [7, 11) is 0. The number of carbonyl (C=O) groups excluding carboxylic acids is 1. The number of carbonyl (C=O) groups is 1. The highest BCUT2D eigenvalue weighted by Gasteiger charge is 2.19. The van der Waals surface area contributed by atoms with E-state index in [0.29, 0.717) is 0 Å². The zero-order chi connectivity index (χ0) is 13.7. The Kier molecular flexibility index (Phi) is 5.59. The van der Waals surface area contributed by atoms with Crippen LogP contribution in [0.1, 0.15) is 30.6 Å². The third-order valence-electron chi connectivity index (χ3n) is 2.74. The number of halogens is 2. The molecule has 100 valence electrons. The lowest BCUT2D eigenvalue weighted by Gasteiger charge is -2.21. The SMILES string of the molecule is CC(C)C(CCBr)NC(=O)c1cc(F)ccc1O. The summed E-state index contributed by atoms with van der Waals surface area (Å²) in [4.78, 5) is 12.0. The first kappa shape index (κ1) is 15.0. The average Bonchev–Trinajstić information content (AvgIpc) is 2.31. The smallest absolute Gasteiger partial charge is 0.255 e. The summed E-state index contributed by atoms with van der Waals surface area (Å²) < 4.78 is 13.1. The molecule has 0 aliphatic rings. The molecule has 0 heterocycles. The molecular formula is C13H17BrFNO2. The Morgan fingerprint density at radius 1 is 1.50 bits per heavy atom. The fourth-order valence-electron chi connectivity index (χ4n) is 1.63. The second-order valence-electron chi connectivity index (χ2n) is 4.46. The number of phenols is 1. The van der Waals surface area contributed by atoms with Gasteiger partial charge in [0, 0.05) is 11.4 Å². The van der Waals surface area contributed by atoms with Crippen molar-refractivity contribution in [2.24, 2.45) is 5.92 Å². The Labute approximate surface area is 115 Å². The van der Waals surface area contributed by atoms with Gasteiger partial charge in [-0.3, -0.25) is 4.79 Å². The fraction of sp³-hybridized carbons (Fsp3) is 0.462. The van der Waals surface area contributed by atoms with E-state index in [0.717, 1.165) is 23.9 Å². The van der Waals surface area contributed by atoms with Crippen LogP contribution in [0.2, 0.25) is 0 Å². The lowest BCUT2D eigenvalue weighted by Crippen LogP contribution is -2.38. The molecule has 0 bridgehead atoms. The zero-order valence-corrected chi connectivity index (χ0v) is 12.0. The van der Waals surface area contributed by atoms with Crippen LogP contribution in [0, 0.1) is 11.7 Å². The normalized spacial score (nSPS) is 12.5. The van der Waals surface area contributed by atoms with Crippen molar-refractivity contribution in [2.45, 2.75) is 26.3 Å². The van der Waals surface area contributed by atoms with Gasteiger partial charge in [0.05, 0.1) is 5.56 Å². The van der Waals surface area contributed by atoms with Crippen LogP contribution < -0.4 is 5.32 Å². The molecule has 2 N–H and O–H groups in total. The van der Waals surface area contributed by atoms with E-state index in [1.165, 1.54) is 6.07 Å². The van der Waals surface area contributed by atoms with Crippen LogP contribution in [0.4, 0.5) is 4.39 Å². The summed E-state index contributed by atoms with van der Waals surface area (Å²) in [6.45, 7) is 4.00. The number of rotatable bonds is 5. The van der Waals surface area contributed by atoms with Crippen molar-refractivity contribution in [1.29, 1.82) is 0 Å². The Morgan fingerprint density at radius 3 is 2.72 bits per heavy atom. The van der Waals surface area contributed by atoms with E-state index < -0.39 is 11.7 Å². The minimum Gasteiger partial charge on any atom is -0.507 e. The van der Waals surface area contributed by atoms with Crippen LogP contribution in [0.15, 0.2) is 18.2 Å². The van der Waals surface area contributed by atoms with Crippen molar-refractivity contribution >= 4 is 21.8 Å². The number of hydrogen-bond donors (Lipinski definition) is 2. The molecule has 0 saturated carbocycles. The van der Waals surface area contributed by atoms with Crippen molar-refractivity contribution in [2.75, 3.05) is 5.33 Å². The molecule has 0 saturated heterocycles. The molecule has 0 aliphatic carbocycles. The quantitative estimate of drug-likeness (QED) is 0.820. The summed E-state index contributed by atoms with van der Waals surface area (Å²) in [5.74, 6) is -0.941. The van der Waals surface area contributed by atoms with Crippen molar-refractivity contribution in [3.05, 3.63) is 29.6 Å². The molecule has 3 nitrogen and oxygen atoms in total. The van der Waals surface area contributed by atoms with Crippen LogP contribution in [-0.2, 0) is 0 Å². The third-order valence-corrected chi connectivity index (χ3v) is 3.20. The summed E-state index contributed by atoms with van der Waals surface area (Å²) in [6, 6.07) is 3.32. The molecule has 0 radical (unpaired) electrons. The number of nitrogens with one attached hydrogen (secondary N) is 1. The van der Waals surface area contributed by atoms with Gasteiger partial charge in [0.1, 0.15) is 11.6 Å². The number of phenolic OH excluding ortho intramolecular Hbond substituents is 1. The Bertz CT molecular complexity index is 423. The van der Waals surface area contributed by atoms with Gasteiger partial charge >= 0.3 is 0 Å². The fourth-order valence-corrected chi connectivity index (χ4v) is 2.12. The second-order valence-corrected chi connectivity index (χ2v) is 5.26. The van der Waals surface area contributed by atoms with E-state index in [1.54, 1.807) is 0 Å². The Balaban J connectivity index is 2.83. The molecule has 1 aromatic rings. The van der Waals surface area contributed by atoms with Gasteiger partial charge in [0.2, 0.25) is 0 Å². The summed E-state index contributed by atoms with van der Waals surface area (Å²) in [5, 5.41) is 13.1. The van der Waals surface area contributed by atoms with E-state index in [9.17, 15) is 14.3 Å². The molecule has 1 rings (SSSR count). The monoisotopic (exact) mass is 317 g/mol. The number of aromatic hydroxyl groups is 1. The molecule has 5 heteroatoms. The van der Waals surface area contributed by atoms with Crippen LogP contribution in [-0.4, -0.2) is 22.4 Å². The third kappa shape index (κ3) is 3.98. The standard InChI is InChI=1S/C13H17BrFNO2/c1-8(2)11(5-6-14)16-13(18)10-7-9(15)3-4-12(10)17/h3-4,7-8,11,17H,5-6H2,1-2H3,(H,16,18). The number of hydrogen-bond acceptors (Lipinski definition) is 2. The first-order valence-electron chi connectivity index (χ1n) is 5.81. The van der Waals surface area contributed by atoms with Gasteiger partial charge < -0.3 is 10.4 Å². The van der Waals surface area contributed by atoms with E-state index in [1.807, 2.05) is 13.8 Å². The predicted molar refractivity (Wildman–Crippen MR) is 72.6 cm³/mol. The number of alkyl halides is 1. The van der Waals surface area contributed by atoms with Gasteiger partial charge in [-0.05, 0) is 30.5 Å². The summed E-state index contributed by atoms with van der Waals surface area (Å²) in [6.07, 6.45) is 0.777. The molecular weight excluding hydrogens is 301 g/mol. The highest BCUT2D eigenvalue weighted by Crippen LogP contribution is 2.18. The minimum absolute atomic E-state index is 0.0143. The number of amides is 1. The first-order chi connectivity index (χ1) is 8.45. The average molecular weight is 318 g/mol. The van der Waals surface area contributed by atoms with E-state index in [4.69, 9.17) is 0 Å². The lowest BCUT2D eigenvalue weighted by molar-refractivity contribution is 0.0922. The molecule has 0 spiro atoms. The van der Waals surface area contributed by atoms with Crippen molar-refractivity contribution in [3.63, 3.8) is 0 Å². The van der Waals surface area contributed by atoms with Crippen molar-refractivity contribution in [3.8, 4) is 5.75 Å². The Morgan fingerprint density at radius 2 is 2.17 bits per heavy atom. The number of benzene rings is 1. The van der Waals surface area contributed by atoms with E-state index in [2.05, 4.69) is 21.2 Å².